The molecule has 0 bridgehead atoms. The van der Waals surface area contributed by atoms with Crippen molar-refractivity contribution in [2.75, 3.05) is 25.0 Å². The van der Waals surface area contributed by atoms with Crippen molar-refractivity contribution in [2.45, 2.75) is 40.0 Å². The summed E-state index contributed by atoms with van der Waals surface area (Å²) in [4.78, 5) is 2.33. The predicted octanol–water partition coefficient (Wildman–Crippen LogP) is 3.59. The molecule has 0 radical (unpaired) electrons. The van der Waals surface area contributed by atoms with Gasteiger partial charge in [0.25, 0.3) is 0 Å². The quantitative estimate of drug-likeness (QED) is 0.799. The molecule has 2 heteroatoms. The lowest BCUT2D eigenvalue weighted by Gasteiger charge is -2.26. The monoisotopic (exact) mass is 248 g/mol. The van der Waals surface area contributed by atoms with Crippen LogP contribution in [0, 0.1) is 12.3 Å². The maximum absolute atomic E-state index is 5.64. The van der Waals surface area contributed by atoms with Gasteiger partial charge < -0.3 is 10.6 Å². The minimum atomic E-state index is 0.378. The summed E-state index contributed by atoms with van der Waals surface area (Å²) in [5.74, 6) is 0. The van der Waals surface area contributed by atoms with Gasteiger partial charge in [-0.3, -0.25) is 0 Å². The number of hydrogen-bond acceptors (Lipinski definition) is 2. The average molecular weight is 248 g/mol. The van der Waals surface area contributed by atoms with Crippen molar-refractivity contribution < 1.29 is 0 Å². The number of rotatable bonds is 7. The summed E-state index contributed by atoms with van der Waals surface area (Å²) in [5, 5.41) is 0. The molecular formula is C16H28N2. The number of benzene rings is 1. The van der Waals surface area contributed by atoms with Crippen LogP contribution in [0.5, 0.6) is 0 Å². The molecule has 0 aliphatic heterocycles. The van der Waals surface area contributed by atoms with Gasteiger partial charge in [0, 0.05) is 19.3 Å². The Morgan fingerprint density at radius 2 is 1.72 bits per heavy atom. The zero-order valence-electron chi connectivity index (χ0n) is 12.4. The normalized spacial score (nSPS) is 11.6. The Hall–Kier alpha value is -1.02. The van der Waals surface area contributed by atoms with E-state index in [1.54, 1.807) is 0 Å². The van der Waals surface area contributed by atoms with E-state index >= 15 is 0 Å². The molecule has 0 saturated heterocycles. The van der Waals surface area contributed by atoms with Crippen LogP contribution in [0.25, 0.3) is 0 Å². The molecule has 0 saturated carbocycles. The molecule has 0 unspecified atom stereocenters. The number of anilines is 1. The van der Waals surface area contributed by atoms with Gasteiger partial charge >= 0.3 is 0 Å². The van der Waals surface area contributed by atoms with Gasteiger partial charge in [-0.2, -0.15) is 0 Å². The largest absolute Gasteiger partial charge is 0.375 e. The Labute approximate surface area is 112 Å². The molecule has 0 fully saturated rings. The fourth-order valence-corrected chi connectivity index (χ4v) is 2.24. The molecule has 0 amide bonds. The number of nitrogens with two attached hydrogens (primary N) is 1. The van der Waals surface area contributed by atoms with Gasteiger partial charge in [-0.1, -0.05) is 31.5 Å². The van der Waals surface area contributed by atoms with Crippen LogP contribution in [-0.2, 0) is 0 Å². The van der Waals surface area contributed by atoms with Crippen molar-refractivity contribution in [2.24, 2.45) is 11.1 Å². The zero-order chi connectivity index (χ0) is 13.6. The van der Waals surface area contributed by atoms with Crippen molar-refractivity contribution in [3.8, 4) is 0 Å². The smallest absolute Gasteiger partial charge is 0.0363 e. The van der Waals surface area contributed by atoms with Crippen LogP contribution >= 0.6 is 0 Å². The molecule has 18 heavy (non-hydrogen) atoms. The van der Waals surface area contributed by atoms with E-state index in [1.165, 1.54) is 24.1 Å². The van der Waals surface area contributed by atoms with Crippen molar-refractivity contribution in [3.05, 3.63) is 29.8 Å². The molecule has 0 aliphatic rings. The van der Waals surface area contributed by atoms with Crippen LogP contribution < -0.4 is 10.6 Å². The molecular weight excluding hydrogens is 220 g/mol. The maximum Gasteiger partial charge on any atom is 0.0363 e. The summed E-state index contributed by atoms with van der Waals surface area (Å²) in [6.07, 6.45) is 3.57. The summed E-state index contributed by atoms with van der Waals surface area (Å²) in [7, 11) is 2.17. The second kappa shape index (κ2) is 6.79. The number of aryl methyl sites for hydroxylation is 1. The first-order valence-corrected chi connectivity index (χ1v) is 6.92. The van der Waals surface area contributed by atoms with E-state index in [0.29, 0.717) is 5.41 Å². The van der Waals surface area contributed by atoms with E-state index in [-0.39, 0.29) is 0 Å². The molecule has 1 aromatic carbocycles. The van der Waals surface area contributed by atoms with Crippen LogP contribution in [0.1, 0.15) is 38.7 Å². The van der Waals surface area contributed by atoms with Crippen molar-refractivity contribution in [3.63, 3.8) is 0 Å². The van der Waals surface area contributed by atoms with Gasteiger partial charge in [-0.15, -0.1) is 0 Å². The van der Waals surface area contributed by atoms with Gasteiger partial charge in [0.1, 0.15) is 0 Å². The molecule has 0 aromatic heterocycles. The third kappa shape index (κ3) is 5.09. The van der Waals surface area contributed by atoms with E-state index in [2.05, 4.69) is 57.0 Å². The highest BCUT2D eigenvalue weighted by Gasteiger charge is 2.16. The molecule has 0 aliphatic carbocycles. The second-order valence-electron chi connectivity index (χ2n) is 6.06. The van der Waals surface area contributed by atoms with Gasteiger partial charge in [0.2, 0.25) is 0 Å². The van der Waals surface area contributed by atoms with Gasteiger partial charge in [0.05, 0.1) is 0 Å². The SMILES string of the molecule is Cc1ccc(N(C)CCCC(C)(C)CCN)cc1. The molecule has 0 spiro atoms. The molecule has 0 heterocycles. The average Bonchev–Trinajstić information content (AvgIpc) is 2.29. The standard InChI is InChI=1S/C16H28N2/c1-14-6-8-15(9-7-14)18(4)13-5-10-16(2,3)11-12-17/h6-9H,5,10-13,17H2,1-4H3. The summed E-state index contributed by atoms with van der Waals surface area (Å²) < 4.78 is 0. The van der Waals surface area contributed by atoms with Crippen molar-refractivity contribution >= 4 is 5.69 Å². The fraction of sp³-hybridized carbons (Fsp3) is 0.625. The van der Waals surface area contributed by atoms with Crippen LogP contribution in [-0.4, -0.2) is 20.1 Å². The number of hydrogen-bond donors (Lipinski definition) is 1. The Bertz CT molecular complexity index is 341. The van der Waals surface area contributed by atoms with E-state index in [0.717, 1.165) is 19.5 Å². The fourth-order valence-electron chi connectivity index (χ4n) is 2.24. The molecule has 2 nitrogen and oxygen atoms in total. The molecule has 0 atom stereocenters. The third-order valence-corrected chi connectivity index (χ3v) is 3.64. The molecule has 1 aromatic rings. The Morgan fingerprint density at radius 1 is 1.11 bits per heavy atom. The van der Waals surface area contributed by atoms with Crippen LogP contribution in [0.3, 0.4) is 0 Å². The summed E-state index contributed by atoms with van der Waals surface area (Å²) in [6, 6.07) is 8.73. The lowest BCUT2D eigenvalue weighted by molar-refractivity contribution is 0.306. The second-order valence-corrected chi connectivity index (χ2v) is 6.06. The molecule has 1 rings (SSSR count). The van der Waals surface area contributed by atoms with Crippen molar-refractivity contribution in [1.82, 2.24) is 0 Å². The predicted molar refractivity (Wildman–Crippen MR) is 81.1 cm³/mol. The van der Waals surface area contributed by atoms with Gasteiger partial charge in [-0.25, -0.2) is 0 Å². The van der Waals surface area contributed by atoms with E-state index in [1.807, 2.05) is 0 Å². The topological polar surface area (TPSA) is 29.3 Å². The molecule has 2 N–H and O–H groups in total. The highest BCUT2D eigenvalue weighted by Crippen LogP contribution is 2.26. The van der Waals surface area contributed by atoms with Gasteiger partial charge in [0.15, 0.2) is 0 Å². The van der Waals surface area contributed by atoms with E-state index in [9.17, 15) is 0 Å². The highest BCUT2D eigenvalue weighted by atomic mass is 15.1. The van der Waals surface area contributed by atoms with Crippen molar-refractivity contribution in [1.29, 1.82) is 0 Å². The molecule has 102 valence electrons. The van der Waals surface area contributed by atoms with Crippen LogP contribution in [0.2, 0.25) is 0 Å². The summed E-state index contributed by atoms with van der Waals surface area (Å²) in [6.45, 7) is 8.65. The first kappa shape index (κ1) is 15.0. The number of nitrogens with zero attached hydrogens (tertiary/aromatic N) is 1. The summed E-state index contributed by atoms with van der Waals surface area (Å²) in [5.41, 5.74) is 8.64. The van der Waals surface area contributed by atoms with E-state index in [4.69, 9.17) is 5.73 Å². The maximum atomic E-state index is 5.64. The van der Waals surface area contributed by atoms with Gasteiger partial charge in [-0.05, 0) is 50.3 Å². The Kier molecular flexibility index (Phi) is 5.67. The third-order valence-electron chi connectivity index (χ3n) is 3.64. The minimum Gasteiger partial charge on any atom is -0.375 e. The minimum absolute atomic E-state index is 0.378. The first-order chi connectivity index (χ1) is 8.44. The van der Waals surface area contributed by atoms with Crippen LogP contribution in [0.15, 0.2) is 24.3 Å². The van der Waals surface area contributed by atoms with E-state index < -0.39 is 0 Å². The zero-order valence-corrected chi connectivity index (χ0v) is 12.4. The van der Waals surface area contributed by atoms with Crippen LogP contribution in [0.4, 0.5) is 5.69 Å². The lowest BCUT2D eigenvalue weighted by atomic mass is 9.84. The lowest BCUT2D eigenvalue weighted by Crippen LogP contribution is -2.22. The first-order valence-electron chi connectivity index (χ1n) is 6.92. The Balaban J connectivity index is 2.37. The summed E-state index contributed by atoms with van der Waals surface area (Å²) >= 11 is 0. The Morgan fingerprint density at radius 3 is 2.28 bits per heavy atom. The highest BCUT2D eigenvalue weighted by molar-refractivity contribution is 5.46.